The van der Waals surface area contributed by atoms with Gasteiger partial charge in [-0.2, -0.15) is 0 Å². The molecule has 2 aliphatic heterocycles. The van der Waals surface area contributed by atoms with Gasteiger partial charge in [0.1, 0.15) is 5.25 Å². The molecular formula is C18H14N2O4S. The van der Waals surface area contributed by atoms with Crippen LogP contribution in [0.5, 0.6) is 0 Å². The van der Waals surface area contributed by atoms with Crippen LogP contribution in [0.3, 0.4) is 0 Å². The number of nitrogens with zero attached hydrogens (tertiary/aromatic N) is 2. The highest BCUT2D eigenvalue weighted by molar-refractivity contribution is 8.15. The van der Waals surface area contributed by atoms with Crippen molar-refractivity contribution in [1.29, 1.82) is 0 Å². The largest absolute Gasteiger partial charge is 0.374 e. The van der Waals surface area contributed by atoms with Crippen LogP contribution in [0, 0.1) is 0 Å². The molecule has 0 saturated carbocycles. The zero-order valence-corrected chi connectivity index (χ0v) is 14.1. The van der Waals surface area contributed by atoms with Gasteiger partial charge in [-0.3, -0.25) is 24.2 Å². The molecule has 4 rings (SSSR count). The van der Waals surface area contributed by atoms with E-state index in [-0.39, 0.29) is 0 Å². The molecule has 2 aliphatic rings. The molecule has 25 heavy (non-hydrogen) atoms. The number of hydrogen-bond acceptors (Lipinski definition) is 5. The molecule has 1 fully saturated rings. The summed E-state index contributed by atoms with van der Waals surface area (Å²) in [6, 6.07) is 15.7. The van der Waals surface area contributed by atoms with Gasteiger partial charge in [0.2, 0.25) is 5.91 Å². The Morgan fingerprint density at radius 2 is 1.64 bits per heavy atom. The van der Waals surface area contributed by atoms with Crippen molar-refractivity contribution in [3.63, 3.8) is 0 Å². The average Bonchev–Trinajstić information content (AvgIpc) is 3.03. The van der Waals surface area contributed by atoms with Gasteiger partial charge in [0.05, 0.1) is 5.69 Å². The average molecular weight is 354 g/mol. The van der Waals surface area contributed by atoms with Gasteiger partial charge in [-0.05, 0) is 30.0 Å². The lowest BCUT2D eigenvalue weighted by Gasteiger charge is -2.26. The molecule has 0 bridgehead atoms. The fourth-order valence-corrected chi connectivity index (χ4v) is 4.34. The fourth-order valence-electron chi connectivity index (χ4n) is 3.23. The van der Waals surface area contributed by atoms with E-state index >= 15 is 0 Å². The summed E-state index contributed by atoms with van der Waals surface area (Å²) in [6.07, 6.45) is 0. The smallest absolute Gasteiger partial charge is 0.288 e. The Balaban J connectivity index is 1.89. The van der Waals surface area contributed by atoms with Crippen LogP contribution in [0.25, 0.3) is 0 Å². The zero-order chi connectivity index (χ0) is 17.8. The molecule has 3 amide bonds. The Labute approximate surface area is 148 Å². The van der Waals surface area contributed by atoms with Crippen molar-refractivity contribution >= 4 is 40.2 Å². The number of para-hydroxylation sites is 2. The van der Waals surface area contributed by atoms with Crippen LogP contribution in [-0.2, 0) is 15.2 Å². The van der Waals surface area contributed by atoms with Crippen molar-refractivity contribution in [2.45, 2.75) is 10.9 Å². The highest BCUT2D eigenvalue weighted by Gasteiger charge is 2.61. The Hall–Kier alpha value is -2.64. The third-order valence-corrected chi connectivity index (χ3v) is 5.78. The summed E-state index contributed by atoms with van der Waals surface area (Å²) < 4.78 is 0. The molecule has 2 atom stereocenters. The lowest BCUT2D eigenvalue weighted by molar-refractivity contribution is -0.142. The number of rotatable bonds is 2. The van der Waals surface area contributed by atoms with Crippen molar-refractivity contribution in [3.05, 3.63) is 60.2 Å². The van der Waals surface area contributed by atoms with Crippen LogP contribution in [0.4, 0.5) is 16.2 Å². The van der Waals surface area contributed by atoms with Gasteiger partial charge >= 0.3 is 0 Å². The first-order valence-corrected chi connectivity index (χ1v) is 8.54. The summed E-state index contributed by atoms with van der Waals surface area (Å²) in [5.74, 6) is -1.20. The highest BCUT2D eigenvalue weighted by atomic mass is 32.2. The number of imide groups is 1. The third-order valence-electron chi connectivity index (χ3n) is 4.53. The summed E-state index contributed by atoms with van der Waals surface area (Å²) >= 11 is 0.682. The minimum absolute atomic E-state index is 0.331. The van der Waals surface area contributed by atoms with Crippen molar-refractivity contribution in [3.8, 4) is 0 Å². The van der Waals surface area contributed by atoms with E-state index in [0.717, 1.165) is 4.90 Å². The van der Waals surface area contributed by atoms with E-state index in [0.29, 0.717) is 28.7 Å². The van der Waals surface area contributed by atoms with Crippen LogP contribution >= 0.6 is 11.8 Å². The minimum Gasteiger partial charge on any atom is -0.374 e. The van der Waals surface area contributed by atoms with Gasteiger partial charge in [-0.25, -0.2) is 0 Å². The second-order valence-electron chi connectivity index (χ2n) is 5.92. The molecule has 0 aromatic heterocycles. The SMILES string of the molecule is CN1C(=O)SC(C2(O)C(=O)N(c3ccccc3)c3ccccc32)C1=O. The summed E-state index contributed by atoms with van der Waals surface area (Å²) in [5, 5.41) is 9.66. The maximum absolute atomic E-state index is 13.2. The highest BCUT2D eigenvalue weighted by Crippen LogP contribution is 2.50. The quantitative estimate of drug-likeness (QED) is 0.895. The van der Waals surface area contributed by atoms with E-state index in [4.69, 9.17) is 0 Å². The van der Waals surface area contributed by atoms with E-state index in [2.05, 4.69) is 0 Å². The van der Waals surface area contributed by atoms with Gasteiger partial charge in [0.25, 0.3) is 11.1 Å². The summed E-state index contributed by atoms with van der Waals surface area (Å²) in [4.78, 5) is 39.9. The third kappa shape index (κ3) is 2.06. The van der Waals surface area contributed by atoms with E-state index in [1.807, 2.05) is 6.07 Å². The summed E-state index contributed by atoms with van der Waals surface area (Å²) in [6.45, 7) is 0. The normalized spacial score (nSPS) is 25.7. The Kier molecular flexibility index (Phi) is 3.45. The standard InChI is InChI=1S/C18H14N2O4S/c1-19-15(21)14(25-17(19)23)18(24)12-9-5-6-10-13(12)20(16(18)22)11-7-3-2-4-8-11/h2-10,14,24H,1H3. The molecule has 0 spiro atoms. The number of thioether (sulfide) groups is 1. The molecule has 126 valence electrons. The predicted molar refractivity (Wildman–Crippen MR) is 93.5 cm³/mol. The first-order chi connectivity index (χ1) is 12.0. The molecule has 2 aromatic carbocycles. The van der Waals surface area contributed by atoms with Crippen molar-refractivity contribution in [2.24, 2.45) is 0 Å². The first-order valence-electron chi connectivity index (χ1n) is 7.66. The zero-order valence-electron chi connectivity index (χ0n) is 13.2. The van der Waals surface area contributed by atoms with E-state index in [1.54, 1.807) is 48.5 Å². The number of aliphatic hydroxyl groups is 1. The number of anilines is 2. The van der Waals surface area contributed by atoms with Crippen LogP contribution in [-0.4, -0.2) is 39.4 Å². The Morgan fingerprint density at radius 1 is 1.00 bits per heavy atom. The van der Waals surface area contributed by atoms with E-state index in [1.165, 1.54) is 11.9 Å². The van der Waals surface area contributed by atoms with Gasteiger partial charge in [0, 0.05) is 18.3 Å². The maximum Gasteiger partial charge on any atom is 0.288 e. The molecule has 6 nitrogen and oxygen atoms in total. The van der Waals surface area contributed by atoms with Crippen LogP contribution in [0.2, 0.25) is 0 Å². The predicted octanol–water partition coefficient (Wildman–Crippen LogP) is 2.25. The molecule has 2 unspecified atom stereocenters. The van der Waals surface area contributed by atoms with E-state index in [9.17, 15) is 19.5 Å². The van der Waals surface area contributed by atoms with Gasteiger partial charge in [-0.1, -0.05) is 36.4 Å². The number of amides is 3. The summed E-state index contributed by atoms with van der Waals surface area (Å²) in [7, 11) is 1.35. The number of carbonyl (C=O) groups is 3. The molecule has 0 radical (unpaired) electrons. The molecule has 2 aromatic rings. The number of carbonyl (C=O) groups excluding carboxylic acids is 3. The van der Waals surface area contributed by atoms with Gasteiger partial charge in [0.15, 0.2) is 5.60 Å². The molecule has 7 heteroatoms. The van der Waals surface area contributed by atoms with Crippen molar-refractivity contribution < 1.29 is 19.5 Å². The molecular weight excluding hydrogens is 340 g/mol. The first kappa shape index (κ1) is 15.9. The molecule has 1 saturated heterocycles. The second kappa shape index (κ2) is 5.44. The summed E-state index contributed by atoms with van der Waals surface area (Å²) in [5.41, 5.74) is -0.658. The number of hydrogen-bond donors (Lipinski definition) is 1. The fraction of sp³-hybridized carbons (Fsp3) is 0.167. The van der Waals surface area contributed by atoms with Crippen LogP contribution < -0.4 is 4.90 Å². The minimum atomic E-state index is -2.09. The van der Waals surface area contributed by atoms with Crippen LogP contribution in [0.15, 0.2) is 54.6 Å². The van der Waals surface area contributed by atoms with Gasteiger partial charge < -0.3 is 5.11 Å². The second-order valence-corrected chi connectivity index (χ2v) is 6.98. The molecule has 0 aliphatic carbocycles. The maximum atomic E-state index is 13.2. The monoisotopic (exact) mass is 354 g/mol. The lowest BCUT2D eigenvalue weighted by atomic mass is 9.91. The van der Waals surface area contributed by atoms with Crippen molar-refractivity contribution in [1.82, 2.24) is 4.90 Å². The van der Waals surface area contributed by atoms with Gasteiger partial charge in [-0.15, -0.1) is 0 Å². The van der Waals surface area contributed by atoms with Crippen LogP contribution in [0.1, 0.15) is 5.56 Å². The molecule has 2 heterocycles. The lowest BCUT2D eigenvalue weighted by Crippen LogP contribution is -2.49. The topological polar surface area (TPSA) is 77.9 Å². The number of fused-ring (bicyclic) bond motifs is 1. The van der Waals surface area contributed by atoms with Crippen molar-refractivity contribution in [2.75, 3.05) is 11.9 Å². The Bertz CT molecular complexity index is 901. The van der Waals surface area contributed by atoms with E-state index < -0.39 is 27.9 Å². The molecule has 1 N–H and O–H groups in total. The number of benzene rings is 2. The Morgan fingerprint density at radius 3 is 2.28 bits per heavy atom.